The Kier molecular flexibility index (Phi) is 6.61. The highest BCUT2D eigenvalue weighted by molar-refractivity contribution is 7.22. The highest BCUT2D eigenvalue weighted by atomic mass is 35.5. The first-order valence-electron chi connectivity index (χ1n) is 8.89. The van der Waals surface area contributed by atoms with Crippen molar-refractivity contribution in [2.24, 2.45) is 0 Å². The van der Waals surface area contributed by atoms with E-state index >= 15 is 0 Å². The van der Waals surface area contributed by atoms with E-state index in [9.17, 15) is 18.0 Å². The molecule has 0 saturated heterocycles. The van der Waals surface area contributed by atoms with Gasteiger partial charge in [-0.05, 0) is 32.0 Å². The van der Waals surface area contributed by atoms with Crippen molar-refractivity contribution in [3.05, 3.63) is 35.1 Å². The van der Waals surface area contributed by atoms with Gasteiger partial charge in [0, 0.05) is 13.1 Å². The lowest BCUT2D eigenvalue weighted by Crippen LogP contribution is -2.25. The fourth-order valence-electron chi connectivity index (χ4n) is 2.55. The molecule has 0 aliphatic carbocycles. The Morgan fingerprint density at radius 3 is 2.67 bits per heavy atom. The molecular weight excluding hydrogens is 443 g/mol. The van der Waals surface area contributed by atoms with Crippen LogP contribution in [0.5, 0.6) is 5.75 Å². The molecule has 0 bridgehead atoms. The Labute approximate surface area is 178 Å². The zero-order valence-electron chi connectivity index (χ0n) is 16.0. The highest BCUT2D eigenvalue weighted by Gasteiger charge is 2.28. The maximum atomic E-state index is 12.7. The fourth-order valence-corrected chi connectivity index (χ4v) is 3.61. The Bertz CT molecular complexity index is 1060. The number of rotatable bonds is 7. The number of nitrogens with one attached hydrogen (secondary N) is 1. The maximum absolute atomic E-state index is 12.7. The van der Waals surface area contributed by atoms with E-state index in [0.29, 0.717) is 29.3 Å². The van der Waals surface area contributed by atoms with Crippen LogP contribution in [-0.2, 0) is 0 Å². The van der Waals surface area contributed by atoms with Gasteiger partial charge in [0.1, 0.15) is 5.75 Å². The Morgan fingerprint density at radius 1 is 1.27 bits per heavy atom. The number of benzene rings is 1. The van der Waals surface area contributed by atoms with Crippen molar-refractivity contribution < 1.29 is 22.7 Å². The summed E-state index contributed by atoms with van der Waals surface area (Å²) in [6, 6.07) is 4.34. The first kappa shape index (κ1) is 22.0. The standard InChI is InChI=1S/C18H17ClF3N5O2S/c1-3-27(4-2)16-23-8-11(19)14(25-16)15(28)26-17-24-12-6-5-10(7-13(12)30-17)29-9-18(20,21)22/h5-8H,3-4,9H2,1-2H3,(H,24,26,28). The largest absolute Gasteiger partial charge is 0.484 e. The van der Waals surface area contributed by atoms with Gasteiger partial charge < -0.3 is 9.64 Å². The first-order chi connectivity index (χ1) is 14.2. The number of carbonyl (C=O) groups is 1. The summed E-state index contributed by atoms with van der Waals surface area (Å²) in [7, 11) is 0. The molecule has 0 radical (unpaired) electrons. The van der Waals surface area contributed by atoms with Gasteiger partial charge in [0.05, 0.1) is 21.4 Å². The summed E-state index contributed by atoms with van der Waals surface area (Å²) in [5.41, 5.74) is 0.509. The highest BCUT2D eigenvalue weighted by Crippen LogP contribution is 2.30. The summed E-state index contributed by atoms with van der Waals surface area (Å²) in [6.45, 7) is 3.82. The van der Waals surface area contributed by atoms with E-state index in [1.807, 2.05) is 18.7 Å². The molecule has 3 aromatic rings. The summed E-state index contributed by atoms with van der Waals surface area (Å²) in [4.78, 5) is 27.2. The van der Waals surface area contributed by atoms with Crippen LogP contribution >= 0.6 is 22.9 Å². The number of ether oxygens (including phenoxy) is 1. The zero-order valence-corrected chi connectivity index (χ0v) is 17.5. The average molecular weight is 460 g/mol. The third kappa shape index (κ3) is 5.28. The number of nitrogens with zero attached hydrogens (tertiary/aromatic N) is 4. The molecule has 0 aliphatic rings. The minimum atomic E-state index is -4.43. The van der Waals surface area contributed by atoms with E-state index in [2.05, 4.69) is 20.3 Å². The van der Waals surface area contributed by atoms with Crippen LogP contribution in [0.15, 0.2) is 24.4 Å². The molecule has 1 amide bonds. The number of alkyl halides is 3. The van der Waals surface area contributed by atoms with Gasteiger partial charge in [0.25, 0.3) is 5.91 Å². The molecule has 0 fully saturated rings. The van der Waals surface area contributed by atoms with Crippen LogP contribution in [0.4, 0.5) is 24.3 Å². The van der Waals surface area contributed by atoms with Crippen LogP contribution in [0.2, 0.25) is 5.02 Å². The topological polar surface area (TPSA) is 80.2 Å². The number of halogens is 4. The van der Waals surface area contributed by atoms with Crippen molar-refractivity contribution in [3.8, 4) is 5.75 Å². The molecule has 0 saturated carbocycles. The quantitative estimate of drug-likeness (QED) is 0.547. The van der Waals surface area contributed by atoms with Crippen molar-refractivity contribution in [2.45, 2.75) is 20.0 Å². The van der Waals surface area contributed by atoms with Gasteiger partial charge in [-0.15, -0.1) is 0 Å². The molecule has 0 atom stereocenters. The number of carbonyl (C=O) groups excluding carboxylic acids is 1. The van der Waals surface area contributed by atoms with Gasteiger partial charge >= 0.3 is 6.18 Å². The Hall–Kier alpha value is -2.66. The number of anilines is 2. The summed E-state index contributed by atoms with van der Waals surface area (Å²) in [6.07, 6.45) is -3.07. The van der Waals surface area contributed by atoms with E-state index in [1.54, 1.807) is 0 Å². The van der Waals surface area contributed by atoms with Gasteiger partial charge in [-0.25, -0.2) is 15.0 Å². The molecule has 30 heavy (non-hydrogen) atoms. The smallest absolute Gasteiger partial charge is 0.422 e. The molecule has 160 valence electrons. The Morgan fingerprint density at radius 2 is 2.00 bits per heavy atom. The monoisotopic (exact) mass is 459 g/mol. The molecule has 2 aromatic heterocycles. The minimum Gasteiger partial charge on any atom is -0.484 e. The number of thiazole rings is 1. The van der Waals surface area contributed by atoms with E-state index < -0.39 is 18.7 Å². The normalized spacial score (nSPS) is 11.5. The maximum Gasteiger partial charge on any atom is 0.422 e. The SMILES string of the molecule is CCN(CC)c1ncc(Cl)c(C(=O)Nc2nc3ccc(OCC(F)(F)F)cc3s2)n1. The minimum absolute atomic E-state index is 0.00187. The van der Waals surface area contributed by atoms with Gasteiger partial charge in [-0.2, -0.15) is 13.2 Å². The number of fused-ring (bicyclic) bond motifs is 1. The van der Waals surface area contributed by atoms with Crippen molar-refractivity contribution >= 4 is 50.1 Å². The molecule has 12 heteroatoms. The predicted molar refractivity (Wildman–Crippen MR) is 110 cm³/mol. The number of aromatic nitrogens is 3. The average Bonchev–Trinajstić information content (AvgIpc) is 3.09. The van der Waals surface area contributed by atoms with Gasteiger partial charge in [0.2, 0.25) is 5.95 Å². The predicted octanol–water partition coefficient (Wildman–Crippen LogP) is 4.78. The summed E-state index contributed by atoms with van der Waals surface area (Å²) in [5.74, 6) is -0.127. The Balaban J connectivity index is 1.79. The van der Waals surface area contributed by atoms with Crippen LogP contribution in [0.3, 0.4) is 0 Å². The van der Waals surface area contributed by atoms with Crippen molar-refractivity contribution in [1.82, 2.24) is 15.0 Å². The number of amides is 1. The van der Waals surface area contributed by atoms with Gasteiger partial charge in [-0.1, -0.05) is 22.9 Å². The second kappa shape index (κ2) is 9.00. The third-order valence-corrected chi connectivity index (χ3v) is 5.19. The van der Waals surface area contributed by atoms with E-state index in [0.717, 1.165) is 11.3 Å². The summed E-state index contributed by atoms with van der Waals surface area (Å²) in [5, 5.41) is 2.96. The molecule has 0 unspecified atom stereocenters. The molecule has 0 spiro atoms. The third-order valence-electron chi connectivity index (χ3n) is 3.98. The number of hydrogen-bond acceptors (Lipinski definition) is 7. The second-order valence-corrected chi connectivity index (χ2v) is 7.48. The van der Waals surface area contributed by atoms with Gasteiger partial charge in [-0.3, -0.25) is 10.1 Å². The van der Waals surface area contributed by atoms with Crippen LogP contribution in [0, 0.1) is 0 Å². The lowest BCUT2D eigenvalue weighted by molar-refractivity contribution is -0.153. The molecule has 7 nitrogen and oxygen atoms in total. The zero-order chi connectivity index (χ0) is 21.9. The molecule has 1 aromatic carbocycles. The molecule has 3 rings (SSSR count). The van der Waals surface area contributed by atoms with Crippen LogP contribution in [0.25, 0.3) is 10.2 Å². The van der Waals surface area contributed by atoms with E-state index in [1.165, 1.54) is 24.4 Å². The van der Waals surface area contributed by atoms with Gasteiger partial charge in [0.15, 0.2) is 17.4 Å². The summed E-state index contributed by atoms with van der Waals surface area (Å²) >= 11 is 7.18. The van der Waals surface area contributed by atoms with Crippen molar-refractivity contribution in [2.75, 3.05) is 29.9 Å². The van der Waals surface area contributed by atoms with E-state index in [-0.39, 0.29) is 21.6 Å². The second-order valence-electron chi connectivity index (χ2n) is 6.05. The lowest BCUT2D eigenvalue weighted by atomic mass is 10.3. The fraction of sp³-hybridized carbons (Fsp3) is 0.333. The summed E-state index contributed by atoms with van der Waals surface area (Å²) < 4.78 is 42.2. The van der Waals surface area contributed by atoms with Crippen LogP contribution in [0.1, 0.15) is 24.3 Å². The van der Waals surface area contributed by atoms with Crippen LogP contribution < -0.4 is 15.0 Å². The molecule has 2 heterocycles. The van der Waals surface area contributed by atoms with E-state index in [4.69, 9.17) is 16.3 Å². The molecule has 0 aliphatic heterocycles. The first-order valence-corrected chi connectivity index (χ1v) is 10.1. The van der Waals surface area contributed by atoms with Crippen LogP contribution in [-0.4, -0.2) is 46.7 Å². The molecular formula is C18H17ClF3N5O2S. The lowest BCUT2D eigenvalue weighted by Gasteiger charge is -2.18. The van der Waals surface area contributed by atoms with Crippen molar-refractivity contribution in [1.29, 1.82) is 0 Å². The number of hydrogen-bond donors (Lipinski definition) is 1. The van der Waals surface area contributed by atoms with Crippen molar-refractivity contribution in [3.63, 3.8) is 0 Å². The molecule has 1 N–H and O–H groups in total.